The van der Waals surface area contributed by atoms with Gasteiger partial charge in [-0.05, 0) is 12.1 Å². The van der Waals surface area contributed by atoms with E-state index in [1.807, 2.05) is 0 Å². The summed E-state index contributed by atoms with van der Waals surface area (Å²) in [6.45, 7) is 0. The molecule has 0 aliphatic carbocycles. The first-order valence-electron chi connectivity index (χ1n) is 3.40. The molecule has 13 heavy (non-hydrogen) atoms. The fourth-order valence-corrected chi connectivity index (χ4v) is 1.31. The van der Waals surface area contributed by atoms with E-state index < -0.39 is 4.92 Å². The van der Waals surface area contributed by atoms with Gasteiger partial charge in [0.1, 0.15) is 5.75 Å². The van der Waals surface area contributed by atoms with E-state index in [2.05, 4.69) is 15.9 Å². The van der Waals surface area contributed by atoms with Crippen molar-refractivity contribution in [2.75, 3.05) is 0 Å². The number of phenolic OH excluding ortho intramolecular Hbond substituents is 1. The van der Waals surface area contributed by atoms with Crippen LogP contribution in [0.2, 0.25) is 0 Å². The van der Waals surface area contributed by atoms with Gasteiger partial charge in [-0.2, -0.15) is 0 Å². The highest BCUT2D eigenvalue weighted by Gasteiger charge is 2.02. The summed E-state index contributed by atoms with van der Waals surface area (Å²) in [5.41, 5.74) is 0.402. The van der Waals surface area contributed by atoms with Gasteiger partial charge in [-0.1, -0.05) is 22.0 Å². The summed E-state index contributed by atoms with van der Waals surface area (Å²) >= 11 is 3.16. The molecule has 1 N–H and O–H groups in total. The van der Waals surface area contributed by atoms with Gasteiger partial charge in [-0.25, -0.2) is 0 Å². The summed E-state index contributed by atoms with van der Waals surface area (Å²) in [5, 5.41) is 19.3. The molecule has 0 saturated carbocycles. The zero-order chi connectivity index (χ0) is 9.84. The van der Waals surface area contributed by atoms with Crippen molar-refractivity contribution in [3.05, 3.63) is 44.5 Å². The second kappa shape index (κ2) is 4.04. The average molecular weight is 244 g/mol. The van der Waals surface area contributed by atoms with Crippen LogP contribution in [-0.2, 0) is 0 Å². The van der Waals surface area contributed by atoms with E-state index >= 15 is 0 Å². The molecule has 1 rings (SSSR count). The third-order valence-corrected chi connectivity index (χ3v) is 2.08. The fourth-order valence-electron chi connectivity index (χ4n) is 0.826. The fraction of sp³-hybridized carbons (Fsp3) is 0. The van der Waals surface area contributed by atoms with Crippen LogP contribution in [0.4, 0.5) is 0 Å². The Morgan fingerprint density at radius 1 is 1.54 bits per heavy atom. The monoisotopic (exact) mass is 243 g/mol. The second-order valence-electron chi connectivity index (χ2n) is 2.27. The smallest absolute Gasteiger partial charge is 0.235 e. The summed E-state index contributed by atoms with van der Waals surface area (Å²) in [5.74, 6) is 0.00692. The third-order valence-electron chi connectivity index (χ3n) is 1.39. The van der Waals surface area contributed by atoms with Crippen LogP contribution in [0.5, 0.6) is 5.75 Å². The van der Waals surface area contributed by atoms with E-state index in [0.717, 1.165) is 6.20 Å². The molecule has 0 amide bonds. The Morgan fingerprint density at radius 3 is 2.77 bits per heavy atom. The van der Waals surface area contributed by atoms with Crippen LogP contribution in [0.1, 0.15) is 5.56 Å². The van der Waals surface area contributed by atoms with Crippen molar-refractivity contribution in [2.45, 2.75) is 0 Å². The van der Waals surface area contributed by atoms with Gasteiger partial charge in [-0.3, -0.25) is 10.1 Å². The lowest BCUT2D eigenvalue weighted by molar-refractivity contribution is -0.400. The van der Waals surface area contributed by atoms with E-state index in [4.69, 9.17) is 0 Å². The minimum atomic E-state index is -0.584. The Bertz CT molecular complexity index is 342. The van der Waals surface area contributed by atoms with Gasteiger partial charge in [0, 0.05) is 16.1 Å². The topological polar surface area (TPSA) is 63.4 Å². The summed E-state index contributed by atoms with van der Waals surface area (Å²) in [4.78, 5) is 9.43. The predicted molar refractivity (Wildman–Crippen MR) is 51.8 cm³/mol. The molecule has 0 heterocycles. The Labute approximate surface area is 82.8 Å². The molecule has 5 heteroatoms. The maximum Gasteiger partial charge on any atom is 0.235 e. The molecule has 0 radical (unpaired) electrons. The average Bonchev–Trinajstić information content (AvgIpc) is 2.03. The molecule has 1 aromatic carbocycles. The molecular weight excluding hydrogens is 238 g/mol. The Balaban J connectivity index is 3.06. The first-order chi connectivity index (χ1) is 6.11. The number of halogens is 1. The molecule has 0 aliphatic rings. The highest BCUT2D eigenvalue weighted by molar-refractivity contribution is 9.10. The predicted octanol–water partition coefficient (Wildman–Crippen LogP) is 2.40. The number of nitro groups is 1. The van der Waals surface area contributed by atoms with Crippen molar-refractivity contribution in [3.63, 3.8) is 0 Å². The van der Waals surface area contributed by atoms with Gasteiger partial charge in [0.05, 0.1) is 4.92 Å². The lowest BCUT2D eigenvalue weighted by Crippen LogP contribution is -1.83. The number of hydrogen-bond donors (Lipinski definition) is 1. The van der Waals surface area contributed by atoms with Gasteiger partial charge in [0.25, 0.3) is 0 Å². The van der Waals surface area contributed by atoms with Crippen LogP contribution < -0.4 is 0 Å². The SMILES string of the molecule is O=[N+]([O-])C=Cc1c(O)cccc1Br. The molecule has 0 atom stereocenters. The van der Waals surface area contributed by atoms with Gasteiger partial charge >= 0.3 is 0 Å². The maximum atomic E-state index is 10.0. The number of aromatic hydroxyl groups is 1. The zero-order valence-corrected chi connectivity index (χ0v) is 8.06. The van der Waals surface area contributed by atoms with E-state index in [-0.39, 0.29) is 5.75 Å². The third kappa shape index (κ3) is 2.55. The summed E-state index contributed by atoms with van der Waals surface area (Å²) < 4.78 is 0.616. The molecule has 0 aromatic heterocycles. The van der Waals surface area contributed by atoms with E-state index in [1.165, 1.54) is 12.1 Å². The number of nitrogens with zero attached hydrogens (tertiary/aromatic N) is 1. The van der Waals surface area contributed by atoms with Gasteiger partial charge < -0.3 is 5.11 Å². The first-order valence-corrected chi connectivity index (χ1v) is 4.19. The number of hydrogen-bond acceptors (Lipinski definition) is 3. The Hall–Kier alpha value is -1.36. The molecular formula is C8H6BrNO3. The van der Waals surface area contributed by atoms with Crippen molar-refractivity contribution < 1.29 is 10.0 Å². The Morgan fingerprint density at radius 2 is 2.23 bits per heavy atom. The number of rotatable bonds is 2. The highest BCUT2D eigenvalue weighted by Crippen LogP contribution is 2.26. The van der Waals surface area contributed by atoms with Crippen LogP contribution in [0, 0.1) is 10.1 Å². The zero-order valence-electron chi connectivity index (χ0n) is 6.48. The molecule has 68 valence electrons. The van der Waals surface area contributed by atoms with Crippen LogP contribution >= 0.6 is 15.9 Å². The maximum absolute atomic E-state index is 10.0. The molecule has 0 aliphatic heterocycles. The molecule has 1 aromatic rings. The van der Waals surface area contributed by atoms with Crippen molar-refractivity contribution in [2.24, 2.45) is 0 Å². The standard InChI is InChI=1S/C8H6BrNO3/c9-7-2-1-3-8(11)6(7)4-5-10(12)13/h1-5,11H. The molecule has 0 unspecified atom stereocenters. The van der Waals surface area contributed by atoms with Crippen molar-refractivity contribution in [3.8, 4) is 5.75 Å². The van der Waals surface area contributed by atoms with Crippen molar-refractivity contribution >= 4 is 22.0 Å². The largest absolute Gasteiger partial charge is 0.507 e. The van der Waals surface area contributed by atoms with Gasteiger partial charge in [0.15, 0.2) is 0 Å². The minimum absolute atomic E-state index is 0.00692. The van der Waals surface area contributed by atoms with Crippen LogP contribution in [-0.4, -0.2) is 10.0 Å². The van der Waals surface area contributed by atoms with E-state index in [9.17, 15) is 15.2 Å². The lowest BCUT2D eigenvalue weighted by Gasteiger charge is -1.99. The van der Waals surface area contributed by atoms with Crippen molar-refractivity contribution in [1.29, 1.82) is 0 Å². The molecule has 0 spiro atoms. The quantitative estimate of drug-likeness (QED) is 0.641. The second-order valence-corrected chi connectivity index (χ2v) is 3.13. The molecule has 0 bridgehead atoms. The van der Waals surface area contributed by atoms with E-state index in [1.54, 1.807) is 12.1 Å². The highest BCUT2D eigenvalue weighted by atomic mass is 79.9. The lowest BCUT2D eigenvalue weighted by atomic mass is 10.2. The summed E-state index contributed by atoms with van der Waals surface area (Å²) in [7, 11) is 0. The minimum Gasteiger partial charge on any atom is -0.507 e. The normalized spacial score (nSPS) is 10.5. The summed E-state index contributed by atoms with van der Waals surface area (Å²) in [6.07, 6.45) is 2.01. The van der Waals surface area contributed by atoms with Gasteiger partial charge in [0.2, 0.25) is 6.20 Å². The Kier molecular flexibility index (Phi) is 3.02. The molecule has 4 nitrogen and oxygen atoms in total. The van der Waals surface area contributed by atoms with Crippen LogP contribution in [0.3, 0.4) is 0 Å². The molecule has 0 fully saturated rings. The van der Waals surface area contributed by atoms with Crippen LogP contribution in [0.25, 0.3) is 6.08 Å². The van der Waals surface area contributed by atoms with Gasteiger partial charge in [-0.15, -0.1) is 0 Å². The summed E-state index contributed by atoms with van der Waals surface area (Å²) in [6, 6.07) is 4.80. The first kappa shape index (κ1) is 9.73. The number of phenols is 1. The number of benzene rings is 1. The molecule has 0 saturated heterocycles. The van der Waals surface area contributed by atoms with Crippen LogP contribution in [0.15, 0.2) is 28.9 Å². The van der Waals surface area contributed by atoms with E-state index in [0.29, 0.717) is 10.0 Å². The van der Waals surface area contributed by atoms with Crippen molar-refractivity contribution in [1.82, 2.24) is 0 Å².